The minimum Gasteiger partial charge on any atom is -0.485 e. The summed E-state index contributed by atoms with van der Waals surface area (Å²) in [5.41, 5.74) is 1.62. The van der Waals surface area contributed by atoms with Crippen molar-refractivity contribution in [3.8, 4) is 11.8 Å². The van der Waals surface area contributed by atoms with E-state index in [1.54, 1.807) is 37.4 Å². The molecule has 3 rings (SSSR count). The largest absolute Gasteiger partial charge is 0.485 e. The number of ether oxygens (including phenoxy) is 1. The number of fused-ring (bicyclic) bond motifs is 1. The van der Waals surface area contributed by atoms with Crippen molar-refractivity contribution in [3.05, 3.63) is 64.6 Å². The molecule has 0 bridgehead atoms. The molecule has 1 amide bonds. The maximum absolute atomic E-state index is 13.9. The molecule has 1 aromatic carbocycles. The van der Waals surface area contributed by atoms with Gasteiger partial charge in [0.15, 0.2) is 11.4 Å². The first-order chi connectivity index (χ1) is 13.3. The molecule has 6 nitrogen and oxygen atoms in total. The molecule has 0 saturated carbocycles. The maximum Gasteiger partial charge on any atom is 0.271 e. The van der Waals surface area contributed by atoms with Gasteiger partial charge in [-0.3, -0.25) is 9.20 Å². The number of nitrogens with zero attached hydrogens (tertiary/aromatic N) is 3. The molecule has 1 atom stereocenters. The van der Waals surface area contributed by atoms with E-state index in [0.29, 0.717) is 11.3 Å². The molecule has 3 aromatic rings. The third-order valence-corrected chi connectivity index (χ3v) is 4.19. The van der Waals surface area contributed by atoms with Gasteiger partial charge in [-0.25, -0.2) is 13.8 Å². The smallest absolute Gasteiger partial charge is 0.271 e. The fourth-order valence-corrected chi connectivity index (χ4v) is 2.85. The van der Waals surface area contributed by atoms with Gasteiger partial charge in [-0.1, -0.05) is 6.07 Å². The monoisotopic (exact) mass is 384 g/mol. The highest BCUT2D eigenvalue weighted by Gasteiger charge is 2.21. The number of nitriles is 1. The number of benzene rings is 1. The molecule has 0 fully saturated rings. The van der Waals surface area contributed by atoms with Crippen LogP contribution in [0.5, 0.6) is 5.75 Å². The number of nitrogens with one attached hydrogen (secondary N) is 1. The molecule has 1 N–H and O–H groups in total. The average molecular weight is 384 g/mol. The molecule has 2 heterocycles. The Morgan fingerprint density at radius 1 is 1.36 bits per heavy atom. The quantitative estimate of drug-likeness (QED) is 0.731. The highest BCUT2D eigenvalue weighted by Crippen LogP contribution is 2.26. The molecule has 0 aliphatic rings. The van der Waals surface area contributed by atoms with Crippen LogP contribution < -0.4 is 10.1 Å². The Bertz CT molecular complexity index is 1080. The van der Waals surface area contributed by atoms with Crippen LogP contribution in [-0.4, -0.2) is 21.3 Å². The third-order valence-electron chi connectivity index (χ3n) is 4.19. The molecule has 0 radical (unpaired) electrons. The Morgan fingerprint density at radius 2 is 2.04 bits per heavy atom. The molecule has 0 aliphatic carbocycles. The van der Waals surface area contributed by atoms with Crippen molar-refractivity contribution in [2.75, 3.05) is 0 Å². The summed E-state index contributed by atoms with van der Waals surface area (Å²) in [6.07, 6.45) is 1.71. The summed E-state index contributed by atoms with van der Waals surface area (Å²) in [5.74, 6) is -1.56. The van der Waals surface area contributed by atoms with Crippen LogP contribution in [0.4, 0.5) is 8.78 Å². The van der Waals surface area contributed by atoms with Gasteiger partial charge in [0.05, 0.1) is 17.3 Å². The lowest BCUT2D eigenvalue weighted by Gasteiger charge is -2.11. The maximum atomic E-state index is 13.9. The van der Waals surface area contributed by atoms with Crippen LogP contribution in [0.25, 0.3) is 5.65 Å². The number of halogens is 2. The van der Waals surface area contributed by atoms with Crippen molar-refractivity contribution < 1.29 is 18.3 Å². The van der Waals surface area contributed by atoms with Gasteiger partial charge in [-0.2, -0.15) is 5.26 Å². The molecular weight excluding hydrogens is 366 g/mol. The van der Waals surface area contributed by atoms with E-state index in [0.717, 1.165) is 17.7 Å². The van der Waals surface area contributed by atoms with E-state index in [2.05, 4.69) is 10.3 Å². The molecule has 8 heteroatoms. The van der Waals surface area contributed by atoms with E-state index in [1.807, 2.05) is 6.07 Å². The Hall–Kier alpha value is -3.47. The van der Waals surface area contributed by atoms with Crippen LogP contribution in [0.3, 0.4) is 0 Å². The average Bonchev–Trinajstić information content (AvgIpc) is 2.96. The number of hydrogen-bond donors (Lipinski definition) is 1. The van der Waals surface area contributed by atoms with Crippen molar-refractivity contribution in [1.29, 1.82) is 5.26 Å². The van der Waals surface area contributed by atoms with E-state index in [9.17, 15) is 13.6 Å². The number of imidazole rings is 1. The van der Waals surface area contributed by atoms with Gasteiger partial charge in [-0.15, -0.1) is 0 Å². The van der Waals surface area contributed by atoms with Gasteiger partial charge in [0, 0.05) is 6.20 Å². The summed E-state index contributed by atoms with van der Waals surface area (Å²) in [4.78, 5) is 16.9. The van der Waals surface area contributed by atoms with E-state index in [1.165, 1.54) is 6.07 Å². The summed E-state index contributed by atoms with van der Waals surface area (Å²) in [5, 5.41) is 11.5. The molecular formula is C20H18F2N4O2. The second-order valence-electron chi connectivity index (χ2n) is 6.43. The number of carbonyl (C=O) groups is 1. The Balaban J connectivity index is 2.00. The standard InChI is InChI=1S/C20H18F2N4O2/c1-11-7-17(28-10-14-15(21)5-4-6-16(14)22)19-25-13(3)18(26(19)9-11)20(27)24-12(2)8-23/h4-7,9,12H,10H2,1-3H3,(H,24,27). The zero-order valence-electron chi connectivity index (χ0n) is 15.6. The molecule has 2 aromatic heterocycles. The van der Waals surface area contributed by atoms with Crippen LogP contribution in [0, 0.1) is 36.8 Å². The summed E-state index contributed by atoms with van der Waals surface area (Å²) in [7, 11) is 0. The predicted molar refractivity (Wildman–Crippen MR) is 97.9 cm³/mol. The number of aryl methyl sites for hydroxylation is 2. The number of rotatable bonds is 5. The van der Waals surface area contributed by atoms with Gasteiger partial charge in [0.2, 0.25) is 0 Å². The van der Waals surface area contributed by atoms with Crippen LogP contribution in [-0.2, 0) is 6.61 Å². The number of pyridine rings is 1. The molecule has 28 heavy (non-hydrogen) atoms. The molecule has 1 unspecified atom stereocenters. The zero-order chi connectivity index (χ0) is 20.4. The number of amides is 1. The molecule has 0 aliphatic heterocycles. The van der Waals surface area contributed by atoms with Crippen molar-refractivity contribution in [2.24, 2.45) is 0 Å². The first-order valence-corrected chi connectivity index (χ1v) is 8.57. The van der Waals surface area contributed by atoms with Crippen molar-refractivity contribution in [1.82, 2.24) is 14.7 Å². The lowest BCUT2D eigenvalue weighted by atomic mass is 10.2. The second-order valence-corrected chi connectivity index (χ2v) is 6.43. The van der Waals surface area contributed by atoms with Crippen molar-refractivity contribution in [3.63, 3.8) is 0 Å². The van der Waals surface area contributed by atoms with E-state index < -0.39 is 23.6 Å². The zero-order valence-corrected chi connectivity index (χ0v) is 15.6. The fraction of sp³-hybridized carbons (Fsp3) is 0.250. The number of hydrogen-bond acceptors (Lipinski definition) is 4. The van der Waals surface area contributed by atoms with Crippen molar-refractivity contribution >= 4 is 11.6 Å². The van der Waals surface area contributed by atoms with Gasteiger partial charge < -0.3 is 10.1 Å². The first-order valence-electron chi connectivity index (χ1n) is 8.57. The minimum atomic E-state index is -0.700. The van der Waals surface area contributed by atoms with Crippen LogP contribution in [0.1, 0.15) is 34.2 Å². The van der Waals surface area contributed by atoms with Gasteiger partial charge in [0.25, 0.3) is 5.91 Å². The normalized spacial score (nSPS) is 11.9. The predicted octanol–water partition coefficient (Wildman–Crippen LogP) is 3.45. The summed E-state index contributed by atoms with van der Waals surface area (Å²) in [6, 6.07) is 6.56. The lowest BCUT2D eigenvalue weighted by molar-refractivity contribution is 0.0941. The third kappa shape index (κ3) is 3.64. The van der Waals surface area contributed by atoms with E-state index >= 15 is 0 Å². The topological polar surface area (TPSA) is 79.4 Å². The summed E-state index contributed by atoms with van der Waals surface area (Å²) >= 11 is 0. The first kappa shape index (κ1) is 19.3. The Kier molecular flexibility index (Phi) is 5.27. The summed E-state index contributed by atoms with van der Waals surface area (Å²) in [6.45, 7) is 4.70. The Labute approximate surface area is 160 Å². The SMILES string of the molecule is Cc1cc(OCc2c(F)cccc2F)c2nc(C)c(C(=O)NC(C)C#N)n2c1. The van der Waals surface area contributed by atoms with E-state index in [4.69, 9.17) is 10.00 Å². The van der Waals surface area contributed by atoms with Crippen LogP contribution in [0.2, 0.25) is 0 Å². The van der Waals surface area contributed by atoms with Crippen LogP contribution >= 0.6 is 0 Å². The number of carbonyl (C=O) groups excluding carboxylic acids is 1. The lowest BCUT2D eigenvalue weighted by Crippen LogP contribution is -2.32. The Morgan fingerprint density at radius 3 is 2.68 bits per heavy atom. The van der Waals surface area contributed by atoms with E-state index in [-0.39, 0.29) is 23.6 Å². The summed E-state index contributed by atoms with van der Waals surface area (Å²) < 4.78 is 34.9. The van der Waals surface area contributed by atoms with Gasteiger partial charge in [-0.05, 0) is 44.5 Å². The fourth-order valence-electron chi connectivity index (χ4n) is 2.85. The second kappa shape index (κ2) is 7.64. The van der Waals surface area contributed by atoms with Gasteiger partial charge >= 0.3 is 0 Å². The minimum absolute atomic E-state index is 0.189. The number of aromatic nitrogens is 2. The molecule has 144 valence electrons. The van der Waals surface area contributed by atoms with Crippen molar-refractivity contribution in [2.45, 2.75) is 33.4 Å². The highest BCUT2D eigenvalue weighted by molar-refractivity contribution is 5.95. The van der Waals surface area contributed by atoms with Crippen LogP contribution in [0.15, 0.2) is 30.5 Å². The highest BCUT2D eigenvalue weighted by atomic mass is 19.1. The van der Waals surface area contributed by atoms with Gasteiger partial charge in [0.1, 0.15) is 30.0 Å². The molecule has 0 saturated heterocycles. The molecule has 0 spiro atoms.